The third-order valence-corrected chi connectivity index (χ3v) is 6.82. The molecule has 2 aliphatic heterocycles. The average molecular weight is 370 g/mol. The lowest BCUT2D eigenvalue weighted by Gasteiger charge is -2.48. The van der Waals surface area contributed by atoms with Gasteiger partial charge < -0.3 is 14.9 Å². The number of hydrogen-bond acceptors (Lipinski definition) is 3. The lowest BCUT2D eigenvalue weighted by molar-refractivity contribution is -0.146. The molecule has 27 heavy (non-hydrogen) atoms. The molecule has 0 unspecified atom stereocenters. The van der Waals surface area contributed by atoms with E-state index in [0.717, 1.165) is 64.7 Å². The Bertz CT molecular complexity index is 701. The van der Waals surface area contributed by atoms with E-state index in [2.05, 4.69) is 12.1 Å². The van der Waals surface area contributed by atoms with E-state index < -0.39 is 5.41 Å². The van der Waals surface area contributed by atoms with Crippen LogP contribution in [0.3, 0.4) is 0 Å². The van der Waals surface area contributed by atoms with Gasteiger partial charge in [-0.1, -0.05) is 30.3 Å². The Kier molecular flexibility index (Phi) is 4.97. The predicted molar refractivity (Wildman–Crippen MR) is 103 cm³/mol. The molecule has 5 heteroatoms. The van der Waals surface area contributed by atoms with Crippen molar-refractivity contribution in [1.82, 2.24) is 9.80 Å². The Labute approximate surface area is 161 Å². The molecule has 1 aliphatic carbocycles. The molecule has 1 aromatic carbocycles. The van der Waals surface area contributed by atoms with Crippen LogP contribution in [0.4, 0.5) is 0 Å². The van der Waals surface area contributed by atoms with Crippen molar-refractivity contribution < 1.29 is 14.7 Å². The van der Waals surface area contributed by atoms with Crippen molar-refractivity contribution in [2.75, 3.05) is 32.8 Å². The SMILES string of the molecule is O=C1CC[C@]2(CCCN(C(=O)C3(CO)CC3)C2)CN1CCc1ccccc1. The number of aliphatic hydroxyl groups is 1. The van der Waals surface area contributed by atoms with Crippen molar-refractivity contribution in [3.63, 3.8) is 0 Å². The highest BCUT2D eigenvalue weighted by molar-refractivity contribution is 5.85. The highest BCUT2D eigenvalue weighted by Gasteiger charge is 2.53. The monoisotopic (exact) mass is 370 g/mol. The number of nitrogens with zero attached hydrogens (tertiary/aromatic N) is 2. The predicted octanol–water partition coefficient (Wildman–Crippen LogP) is 2.23. The number of hydrogen-bond donors (Lipinski definition) is 1. The maximum absolute atomic E-state index is 12.9. The zero-order chi connectivity index (χ0) is 18.9. The van der Waals surface area contributed by atoms with E-state index in [-0.39, 0.29) is 23.8 Å². The third kappa shape index (κ3) is 3.75. The minimum atomic E-state index is -0.490. The van der Waals surface area contributed by atoms with Gasteiger partial charge in [-0.3, -0.25) is 9.59 Å². The molecule has 4 rings (SSSR count). The summed E-state index contributed by atoms with van der Waals surface area (Å²) in [6.07, 6.45) is 6.04. The van der Waals surface area contributed by atoms with Crippen molar-refractivity contribution in [2.24, 2.45) is 10.8 Å². The van der Waals surface area contributed by atoms with Gasteiger partial charge in [-0.05, 0) is 44.1 Å². The molecule has 0 bridgehead atoms. The first kappa shape index (κ1) is 18.5. The van der Waals surface area contributed by atoms with Gasteiger partial charge in [0.1, 0.15) is 0 Å². The van der Waals surface area contributed by atoms with Gasteiger partial charge in [-0.25, -0.2) is 0 Å². The van der Waals surface area contributed by atoms with Crippen LogP contribution >= 0.6 is 0 Å². The molecule has 3 fully saturated rings. The summed E-state index contributed by atoms with van der Waals surface area (Å²) in [6, 6.07) is 10.3. The number of benzene rings is 1. The lowest BCUT2D eigenvalue weighted by Crippen LogP contribution is -2.56. The van der Waals surface area contributed by atoms with Gasteiger partial charge in [0.15, 0.2) is 0 Å². The van der Waals surface area contributed by atoms with Crippen LogP contribution in [0, 0.1) is 10.8 Å². The van der Waals surface area contributed by atoms with Gasteiger partial charge >= 0.3 is 0 Å². The normalized spacial score (nSPS) is 27.1. The first-order valence-electron chi connectivity index (χ1n) is 10.3. The Morgan fingerprint density at radius 1 is 1.07 bits per heavy atom. The summed E-state index contributed by atoms with van der Waals surface area (Å²) >= 11 is 0. The largest absolute Gasteiger partial charge is 0.395 e. The summed E-state index contributed by atoms with van der Waals surface area (Å²) < 4.78 is 0. The maximum Gasteiger partial charge on any atom is 0.231 e. The van der Waals surface area contributed by atoms with E-state index in [9.17, 15) is 14.7 Å². The fourth-order valence-corrected chi connectivity index (χ4v) is 4.86. The fourth-order valence-electron chi connectivity index (χ4n) is 4.86. The molecule has 3 aliphatic rings. The third-order valence-electron chi connectivity index (χ3n) is 6.82. The molecule has 0 radical (unpaired) electrons. The van der Waals surface area contributed by atoms with Crippen molar-refractivity contribution in [3.8, 4) is 0 Å². The van der Waals surface area contributed by atoms with Crippen LogP contribution in [0.1, 0.15) is 44.1 Å². The number of aliphatic hydroxyl groups excluding tert-OH is 1. The second kappa shape index (κ2) is 7.27. The summed E-state index contributed by atoms with van der Waals surface area (Å²) in [5, 5.41) is 9.61. The number of likely N-dealkylation sites (tertiary alicyclic amines) is 2. The molecule has 1 N–H and O–H groups in total. The smallest absolute Gasteiger partial charge is 0.231 e. The number of amides is 2. The van der Waals surface area contributed by atoms with Gasteiger partial charge in [-0.15, -0.1) is 0 Å². The van der Waals surface area contributed by atoms with Crippen molar-refractivity contribution >= 4 is 11.8 Å². The standard InChI is InChI=1S/C22H30N2O3/c25-17-22(11-12-22)20(27)24-13-4-9-21(16-24)10-7-19(26)23(15-21)14-8-18-5-2-1-3-6-18/h1-3,5-6,25H,4,7-17H2/t21-/m1/s1. The van der Waals surface area contributed by atoms with Crippen LogP contribution in [0.5, 0.6) is 0 Å². The topological polar surface area (TPSA) is 60.9 Å². The summed E-state index contributed by atoms with van der Waals surface area (Å²) in [5.41, 5.74) is 0.795. The van der Waals surface area contributed by atoms with E-state index in [1.807, 2.05) is 28.0 Å². The van der Waals surface area contributed by atoms with Crippen molar-refractivity contribution in [2.45, 2.75) is 44.9 Å². The molecule has 0 aromatic heterocycles. The quantitative estimate of drug-likeness (QED) is 0.865. The minimum Gasteiger partial charge on any atom is -0.395 e. The second-order valence-corrected chi connectivity index (χ2v) is 8.82. The van der Waals surface area contributed by atoms with Crippen LogP contribution in [0.25, 0.3) is 0 Å². The van der Waals surface area contributed by atoms with Crippen LogP contribution in [0.15, 0.2) is 30.3 Å². The molecule has 1 atom stereocenters. The van der Waals surface area contributed by atoms with Gasteiger partial charge in [0.2, 0.25) is 11.8 Å². The average Bonchev–Trinajstić information content (AvgIpc) is 3.51. The number of piperidine rings is 2. The number of carbonyl (C=O) groups is 2. The highest BCUT2D eigenvalue weighted by atomic mass is 16.3. The summed E-state index contributed by atoms with van der Waals surface area (Å²) in [5.74, 6) is 0.380. The van der Waals surface area contributed by atoms with Crippen LogP contribution in [-0.4, -0.2) is 59.5 Å². The van der Waals surface area contributed by atoms with E-state index in [4.69, 9.17) is 0 Å². The molecular formula is C22H30N2O3. The summed E-state index contributed by atoms with van der Waals surface area (Å²) in [4.78, 5) is 29.4. The Morgan fingerprint density at radius 3 is 2.56 bits per heavy atom. The van der Waals surface area contributed by atoms with Crippen molar-refractivity contribution in [3.05, 3.63) is 35.9 Å². The van der Waals surface area contributed by atoms with Gasteiger partial charge in [0, 0.05) is 38.0 Å². The van der Waals surface area contributed by atoms with E-state index in [0.29, 0.717) is 6.42 Å². The lowest BCUT2D eigenvalue weighted by atomic mass is 9.73. The highest BCUT2D eigenvalue weighted by Crippen LogP contribution is 2.48. The van der Waals surface area contributed by atoms with E-state index >= 15 is 0 Å². The first-order valence-corrected chi connectivity index (χ1v) is 10.3. The Hall–Kier alpha value is -1.88. The van der Waals surface area contributed by atoms with Gasteiger partial charge in [0.05, 0.1) is 12.0 Å². The maximum atomic E-state index is 12.9. The molecule has 2 heterocycles. The van der Waals surface area contributed by atoms with Crippen LogP contribution in [0.2, 0.25) is 0 Å². The second-order valence-electron chi connectivity index (χ2n) is 8.82. The molecular weight excluding hydrogens is 340 g/mol. The fraction of sp³-hybridized carbons (Fsp3) is 0.636. The zero-order valence-electron chi connectivity index (χ0n) is 16.0. The van der Waals surface area contributed by atoms with Crippen LogP contribution < -0.4 is 0 Å². The molecule has 2 amide bonds. The molecule has 2 saturated heterocycles. The first-order chi connectivity index (χ1) is 13.1. The molecule has 1 aromatic rings. The molecule has 1 spiro atoms. The molecule has 1 saturated carbocycles. The van der Waals surface area contributed by atoms with Crippen molar-refractivity contribution in [1.29, 1.82) is 0 Å². The van der Waals surface area contributed by atoms with E-state index in [1.165, 1.54) is 5.56 Å². The summed E-state index contributed by atoms with van der Waals surface area (Å²) in [6.45, 7) is 3.01. The number of carbonyl (C=O) groups excluding carboxylic acids is 2. The zero-order valence-corrected chi connectivity index (χ0v) is 16.0. The molecule has 5 nitrogen and oxygen atoms in total. The molecule has 146 valence electrons. The van der Waals surface area contributed by atoms with Crippen LogP contribution in [-0.2, 0) is 16.0 Å². The Balaban J connectivity index is 1.41. The Morgan fingerprint density at radius 2 is 1.85 bits per heavy atom. The van der Waals surface area contributed by atoms with E-state index in [1.54, 1.807) is 0 Å². The minimum absolute atomic E-state index is 0.0307. The summed E-state index contributed by atoms with van der Waals surface area (Å²) in [7, 11) is 0. The number of rotatable bonds is 5. The van der Waals surface area contributed by atoms with Gasteiger partial charge in [-0.2, -0.15) is 0 Å². The van der Waals surface area contributed by atoms with Gasteiger partial charge in [0.25, 0.3) is 0 Å².